The van der Waals surface area contributed by atoms with Gasteiger partial charge in [-0.1, -0.05) is 29.3 Å². The van der Waals surface area contributed by atoms with Gasteiger partial charge in [-0.05, 0) is 52.0 Å². The molecule has 27 heavy (non-hydrogen) atoms. The van der Waals surface area contributed by atoms with Crippen molar-refractivity contribution in [2.75, 3.05) is 5.32 Å². The average molecular weight is 365 g/mol. The fraction of sp³-hybridized carbons (Fsp3) is 0.190. The zero-order valence-corrected chi connectivity index (χ0v) is 15.6. The van der Waals surface area contributed by atoms with Crippen molar-refractivity contribution in [3.05, 3.63) is 76.4 Å². The molecule has 0 spiro atoms. The van der Waals surface area contributed by atoms with Gasteiger partial charge in [0.05, 0.1) is 17.1 Å². The van der Waals surface area contributed by atoms with E-state index in [-0.39, 0.29) is 17.7 Å². The fourth-order valence-electron chi connectivity index (χ4n) is 2.83. The summed E-state index contributed by atoms with van der Waals surface area (Å²) in [6.45, 7) is 7.36. The number of halogens is 1. The molecule has 138 valence electrons. The largest absolute Gasteiger partial charge is 0.421 e. The standard InChI is InChI=1S/C21H20FN3O2/c1-12-9-13(2)11-16(10-12)20(26)25-19-14(3)23-21(24-15(19)4)27-18-8-6-5-7-17(18)22/h5-11H,1-4H3,(H,25,26). The van der Waals surface area contributed by atoms with Gasteiger partial charge in [0.2, 0.25) is 0 Å². The number of hydrogen-bond donors (Lipinski definition) is 1. The van der Waals surface area contributed by atoms with Crippen LogP contribution in [0.15, 0.2) is 42.5 Å². The Morgan fingerprint density at radius 1 is 0.963 bits per heavy atom. The summed E-state index contributed by atoms with van der Waals surface area (Å²) in [5.74, 6) is -0.689. The molecule has 0 atom stereocenters. The molecule has 1 heterocycles. The molecule has 5 nitrogen and oxygen atoms in total. The molecule has 0 aliphatic rings. The van der Waals surface area contributed by atoms with Crippen LogP contribution in [0.3, 0.4) is 0 Å². The molecule has 3 rings (SSSR count). The van der Waals surface area contributed by atoms with Crippen molar-refractivity contribution in [2.45, 2.75) is 27.7 Å². The predicted molar refractivity (Wildman–Crippen MR) is 102 cm³/mol. The van der Waals surface area contributed by atoms with Crippen LogP contribution in [0.25, 0.3) is 0 Å². The highest BCUT2D eigenvalue weighted by atomic mass is 19.1. The van der Waals surface area contributed by atoms with Gasteiger partial charge in [0, 0.05) is 5.56 Å². The van der Waals surface area contributed by atoms with Crippen molar-refractivity contribution < 1.29 is 13.9 Å². The molecule has 0 radical (unpaired) electrons. The number of anilines is 1. The summed E-state index contributed by atoms with van der Waals surface area (Å²) in [5.41, 5.74) is 4.17. The Morgan fingerprint density at radius 3 is 2.15 bits per heavy atom. The Morgan fingerprint density at radius 2 is 1.56 bits per heavy atom. The number of ether oxygens (including phenoxy) is 1. The summed E-state index contributed by atoms with van der Waals surface area (Å²) in [4.78, 5) is 21.1. The summed E-state index contributed by atoms with van der Waals surface area (Å²) in [6.07, 6.45) is 0. The van der Waals surface area contributed by atoms with Gasteiger partial charge >= 0.3 is 6.01 Å². The summed E-state index contributed by atoms with van der Waals surface area (Å²) >= 11 is 0. The molecule has 0 aliphatic carbocycles. The molecule has 0 saturated heterocycles. The van der Waals surface area contributed by atoms with Crippen LogP contribution >= 0.6 is 0 Å². The number of hydrogen-bond acceptors (Lipinski definition) is 4. The molecule has 0 saturated carbocycles. The summed E-state index contributed by atoms with van der Waals surface area (Å²) in [6, 6.07) is 11.7. The fourth-order valence-corrected chi connectivity index (χ4v) is 2.83. The van der Waals surface area contributed by atoms with Crippen LogP contribution in [0, 0.1) is 33.5 Å². The van der Waals surface area contributed by atoms with Gasteiger partial charge < -0.3 is 10.1 Å². The van der Waals surface area contributed by atoms with Crippen LogP contribution in [0.2, 0.25) is 0 Å². The Labute approximate surface area is 157 Å². The van der Waals surface area contributed by atoms with E-state index in [1.165, 1.54) is 12.1 Å². The summed E-state index contributed by atoms with van der Waals surface area (Å²) < 4.78 is 19.2. The van der Waals surface area contributed by atoms with E-state index >= 15 is 0 Å². The molecule has 1 amide bonds. The molecule has 1 N–H and O–H groups in total. The van der Waals surface area contributed by atoms with Gasteiger partial charge in [0.1, 0.15) is 0 Å². The van der Waals surface area contributed by atoms with E-state index in [1.54, 1.807) is 26.0 Å². The third kappa shape index (κ3) is 4.28. The Hall–Kier alpha value is -3.28. The lowest BCUT2D eigenvalue weighted by Gasteiger charge is -2.13. The molecular formula is C21H20FN3O2. The van der Waals surface area contributed by atoms with Crippen LogP contribution in [0.1, 0.15) is 32.9 Å². The first kappa shape index (κ1) is 18.5. The molecule has 0 bridgehead atoms. The molecule has 3 aromatic rings. The van der Waals surface area contributed by atoms with E-state index in [2.05, 4.69) is 15.3 Å². The van der Waals surface area contributed by atoms with E-state index in [0.29, 0.717) is 22.6 Å². The zero-order valence-electron chi connectivity index (χ0n) is 15.6. The average Bonchev–Trinajstić information content (AvgIpc) is 2.59. The highest BCUT2D eigenvalue weighted by Crippen LogP contribution is 2.25. The minimum absolute atomic E-state index is 0.0273. The Kier molecular flexibility index (Phi) is 5.16. The minimum atomic E-state index is -0.497. The van der Waals surface area contributed by atoms with Crippen molar-refractivity contribution in [1.82, 2.24) is 9.97 Å². The Bertz CT molecular complexity index is 975. The van der Waals surface area contributed by atoms with Crippen LogP contribution in [-0.4, -0.2) is 15.9 Å². The van der Waals surface area contributed by atoms with Crippen LogP contribution in [-0.2, 0) is 0 Å². The number of rotatable bonds is 4. The van der Waals surface area contributed by atoms with Crippen LogP contribution in [0.5, 0.6) is 11.8 Å². The monoisotopic (exact) mass is 365 g/mol. The lowest BCUT2D eigenvalue weighted by molar-refractivity contribution is 0.102. The smallest absolute Gasteiger partial charge is 0.322 e. The second-order valence-corrected chi connectivity index (χ2v) is 6.41. The number of para-hydroxylation sites is 1. The molecular weight excluding hydrogens is 345 g/mol. The first-order chi connectivity index (χ1) is 12.8. The molecule has 6 heteroatoms. The van der Waals surface area contributed by atoms with E-state index < -0.39 is 5.82 Å². The molecule has 0 aliphatic heterocycles. The number of aromatic nitrogens is 2. The van der Waals surface area contributed by atoms with Gasteiger partial charge in [0.15, 0.2) is 11.6 Å². The van der Waals surface area contributed by atoms with Gasteiger partial charge in [-0.3, -0.25) is 4.79 Å². The van der Waals surface area contributed by atoms with Gasteiger partial charge in [-0.15, -0.1) is 0 Å². The highest BCUT2D eigenvalue weighted by molar-refractivity contribution is 6.05. The number of benzene rings is 2. The summed E-state index contributed by atoms with van der Waals surface area (Å²) in [5, 5.41) is 2.86. The highest BCUT2D eigenvalue weighted by Gasteiger charge is 2.15. The number of carbonyl (C=O) groups is 1. The van der Waals surface area contributed by atoms with Crippen molar-refractivity contribution in [3.63, 3.8) is 0 Å². The first-order valence-corrected chi connectivity index (χ1v) is 8.51. The maximum Gasteiger partial charge on any atom is 0.322 e. The third-order valence-corrected chi connectivity index (χ3v) is 4.01. The maximum atomic E-state index is 13.7. The lowest BCUT2D eigenvalue weighted by atomic mass is 10.1. The van der Waals surface area contributed by atoms with Gasteiger partial charge in [-0.25, -0.2) is 4.39 Å². The van der Waals surface area contributed by atoms with E-state index in [9.17, 15) is 9.18 Å². The maximum absolute atomic E-state index is 13.7. The van der Waals surface area contributed by atoms with E-state index in [1.807, 2.05) is 32.0 Å². The van der Waals surface area contributed by atoms with Crippen molar-refractivity contribution in [3.8, 4) is 11.8 Å². The molecule has 1 aromatic heterocycles. The Balaban J connectivity index is 1.84. The van der Waals surface area contributed by atoms with E-state index in [0.717, 1.165) is 11.1 Å². The topological polar surface area (TPSA) is 64.1 Å². The van der Waals surface area contributed by atoms with Crippen molar-refractivity contribution in [1.29, 1.82) is 0 Å². The SMILES string of the molecule is Cc1cc(C)cc(C(=O)Nc2c(C)nc(Oc3ccccc3F)nc2C)c1. The number of amides is 1. The molecule has 0 unspecified atom stereocenters. The normalized spacial score (nSPS) is 10.6. The molecule has 2 aromatic carbocycles. The summed E-state index contributed by atoms with van der Waals surface area (Å²) in [7, 11) is 0. The van der Waals surface area contributed by atoms with E-state index in [4.69, 9.17) is 4.74 Å². The number of carbonyl (C=O) groups excluding carboxylic acids is 1. The minimum Gasteiger partial charge on any atom is -0.421 e. The second kappa shape index (κ2) is 7.53. The predicted octanol–water partition coefficient (Wildman–Crippen LogP) is 4.89. The van der Waals surface area contributed by atoms with Crippen LogP contribution < -0.4 is 10.1 Å². The van der Waals surface area contributed by atoms with Crippen molar-refractivity contribution >= 4 is 11.6 Å². The molecule has 0 fully saturated rings. The lowest BCUT2D eigenvalue weighted by Crippen LogP contribution is -2.15. The number of aryl methyl sites for hydroxylation is 4. The van der Waals surface area contributed by atoms with Crippen LogP contribution in [0.4, 0.5) is 10.1 Å². The van der Waals surface area contributed by atoms with Crippen molar-refractivity contribution in [2.24, 2.45) is 0 Å². The van der Waals surface area contributed by atoms with Gasteiger partial charge in [-0.2, -0.15) is 9.97 Å². The zero-order chi connectivity index (χ0) is 19.6. The number of nitrogens with zero attached hydrogens (tertiary/aromatic N) is 2. The third-order valence-electron chi connectivity index (χ3n) is 4.01. The second-order valence-electron chi connectivity index (χ2n) is 6.41. The number of nitrogens with one attached hydrogen (secondary N) is 1. The quantitative estimate of drug-likeness (QED) is 0.715. The van der Waals surface area contributed by atoms with Gasteiger partial charge in [0.25, 0.3) is 5.91 Å². The first-order valence-electron chi connectivity index (χ1n) is 8.51.